The summed E-state index contributed by atoms with van der Waals surface area (Å²) in [7, 11) is 0. The van der Waals surface area contributed by atoms with Crippen LogP contribution in [0.4, 0.5) is 0 Å². The highest BCUT2D eigenvalue weighted by molar-refractivity contribution is 14.1. The molecule has 2 heteroatoms. The van der Waals surface area contributed by atoms with E-state index in [1.165, 1.54) is 56.0 Å². The minimum atomic E-state index is 1.04. The van der Waals surface area contributed by atoms with Crippen LogP contribution in [-0.4, -0.2) is 17.5 Å². The predicted octanol–water partition coefficient (Wildman–Crippen LogP) is 2.98. The molecule has 12 heavy (non-hydrogen) atoms. The molecule has 1 saturated carbocycles. The van der Waals surface area contributed by atoms with Crippen molar-refractivity contribution in [2.24, 2.45) is 5.92 Å². The molecule has 0 atom stereocenters. The summed E-state index contributed by atoms with van der Waals surface area (Å²) in [6, 6.07) is 0. The van der Waals surface area contributed by atoms with Gasteiger partial charge in [0.15, 0.2) is 0 Å². The van der Waals surface area contributed by atoms with E-state index < -0.39 is 0 Å². The molecule has 1 rings (SSSR count). The van der Waals surface area contributed by atoms with Gasteiger partial charge in [0.1, 0.15) is 0 Å². The molecule has 1 N–H and O–H groups in total. The summed E-state index contributed by atoms with van der Waals surface area (Å²) in [5.74, 6) is 1.04. The molecule has 0 saturated heterocycles. The maximum atomic E-state index is 3.52. The summed E-state index contributed by atoms with van der Waals surface area (Å²) >= 11 is 2.46. The van der Waals surface area contributed by atoms with Gasteiger partial charge >= 0.3 is 0 Å². The Balaban J connectivity index is 1.65. The SMILES string of the molecule is ICCCCCCNCC1CC1. The topological polar surface area (TPSA) is 12.0 Å². The van der Waals surface area contributed by atoms with Crippen molar-refractivity contribution in [1.29, 1.82) is 0 Å². The highest BCUT2D eigenvalue weighted by Gasteiger charge is 2.19. The van der Waals surface area contributed by atoms with Crippen LogP contribution in [0, 0.1) is 5.92 Å². The molecule has 0 aromatic heterocycles. The zero-order valence-electron chi connectivity index (χ0n) is 7.82. The van der Waals surface area contributed by atoms with Gasteiger partial charge in [-0.05, 0) is 49.1 Å². The minimum Gasteiger partial charge on any atom is -0.316 e. The molecule has 0 aliphatic heterocycles. The molecular formula is C10H20IN. The molecular weight excluding hydrogens is 261 g/mol. The normalized spacial score (nSPS) is 16.8. The molecule has 1 aliphatic rings. The van der Waals surface area contributed by atoms with Gasteiger partial charge in [0.05, 0.1) is 0 Å². The van der Waals surface area contributed by atoms with Gasteiger partial charge in [-0.2, -0.15) is 0 Å². The number of hydrogen-bond donors (Lipinski definition) is 1. The zero-order valence-corrected chi connectivity index (χ0v) is 9.98. The molecule has 0 radical (unpaired) electrons. The lowest BCUT2D eigenvalue weighted by Crippen LogP contribution is -2.17. The second kappa shape index (κ2) is 7.13. The van der Waals surface area contributed by atoms with Crippen LogP contribution in [0.1, 0.15) is 38.5 Å². The van der Waals surface area contributed by atoms with Gasteiger partial charge in [0.2, 0.25) is 0 Å². The molecule has 72 valence electrons. The molecule has 0 unspecified atom stereocenters. The number of unbranched alkanes of at least 4 members (excludes halogenated alkanes) is 3. The van der Waals surface area contributed by atoms with Crippen molar-refractivity contribution in [2.75, 3.05) is 17.5 Å². The monoisotopic (exact) mass is 281 g/mol. The summed E-state index contributed by atoms with van der Waals surface area (Å²) < 4.78 is 1.33. The highest BCUT2D eigenvalue weighted by atomic mass is 127. The molecule has 0 bridgehead atoms. The van der Waals surface area contributed by atoms with E-state index in [0.717, 1.165) is 5.92 Å². The first-order valence-corrected chi connectivity index (χ1v) is 6.72. The van der Waals surface area contributed by atoms with E-state index in [9.17, 15) is 0 Å². The first-order chi connectivity index (χ1) is 5.93. The molecule has 1 aliphatic carbocycles. The summed E-state index contributed by atoms with van der Waals surface area (Å²) in [4.78, 5) is 0. The van der Waals surface area contributed by atoms with Crippen LogP contribution in [0.5, 0.6) is 0 Å². The van der Waals surface area contributed by atoms with Gasteiger partial charge in [-0.3, -0.25) is 0 Å². The average molecular weight is 281 g/mol. The summed E-state index contributed by atoms with van der Waals surface area (Å²) in [5.41, 5.74) is 0. The molecule has 0 amide bonds. The van der Waals surface area contributed by atoms with E-state index >= 15 is 0 Å². The summed E-state index contributed by atoms with van der Waals surface area (Å²) in [5, 5.41) is 3.52. The Hall–Kier alpha value is 0.690. The van der Waals surface area contributed by atoms with Crippen LogP contribution in [0.3, 0.4) is 0 Å². The van der Waals surface area contributed by atoms with Crippen molar-refractivity contribution >= 4 is 22.6 Å². The fraction of sp³-hybridized carbons (Fsp3) is 1.00. The Morgan fingerprint density at radius 2 is 1.83 bits per heavy atom. The fourth-order valence-corrected chi connectivity index (χ4v) is 1.87. The van der Waals surface area contributed by atoms with Crippen LogP contribution in [0.2, 0.25) is 0 Å². The standard InChI is InChI=1S/C10H20IN/c11-7-3-1-2-4-8-12-9-10-5-6-10/h10,12H,1-9H2. The number of alkyl halides is 1. The zero-order chi connectivity index (χ0) is 8.65. The summed E-state index contributed by atoms with van der Waals surface area (Å²) in [6.45, 7) is 2.53. The number of nitrogens with one attached hydrogen (secondary N) is 1. The summed E-state index contributed by atoms with van der Waals surface area (Å²) in [6.07, 6.45) is 8.57. The van der Waals surface area contributed by atoms with E-state index in [2.05, 4.69) is 27.9 Å². The van der Waals surface area contributed by atoms with Crippen LogP contribution in [0.25, 0.3) is 0 Å². The van der Waals surface area contributed by atoms with Gasteiger partial charge in [-0.25, -0.2) is 0 Å². The second-order valence-corrected chi connectivity index (χ2v) is 4.83. The van der Waals surface area contributed by atoms with Gasteiger partial charge < -0.3 is 5.32 Å². The molecule has 0 heterocycles. The van der Waals surface area contributed by atoms with Crippen molar-refractivity contribution in [1.82, 2.24) is 5.32 Å². The number of rotatable bonds is 8. The Labute approximate surface area is 89.8 Å². The van der Waals surface area contributed by atoms with Gasteiger partial charge in [0, 0.05) is 0 Å². The quantitative estimate of drug-likeness (QED) is 0.410. The van der Waals surface area contributed by atoms with Gasteiger partial charge in [-0.15, -0.1) is 0 Å². The van der Waals surface area contributed by atoms with Gasteiger partial charge in [-0.1, -0.05) is 35.4 Å². The van der Waals surface area contributed by atoms with Crippen LogP contribution >= 0.6 is 22.6 Å². The fourth-order valence-electron chi connectivity index (χ4n) is 1.33. The van der Waals surface area contributed by atoms with E-state index in [-0.39, 0.29) is 0 Å². The van der Waals surface area contributed by atoms with Crippen LogP contribution < -0.4 is 5.32 Å². The average Bonchev–Trinajstić information content (AvgIpc) is 2.87. The molecule has 0 aromatic rings. The Bertz CT molecular complexity index is 102. The van der Waals surface area contributed by atoms with Crippen molar-refractivity contribution in [3.05, 3.63) is 0 Å². The van der Waals surface area contributed by atoms with E-state index in [4.69, 9.17) is 0 Å². The Morgan fingerprint density at radius 3 is 2.50 bits per heavy atom. The Morgan fingerprint density at radius 1 is 1.08 bits per heavy atom. The third kappa shape index (κ3) is 6.23. The van der Waals surface area contributed by atoms with E-state index in [1.807, 2.05) is 0 Å². The second-order valence-electron chi connectivity index (χ2n) is 3.75. The van der Waals surface area contributed by atoms with Crippen molar-refractivity contribution in [2.45, 2.75) is 38.5 Å². The molecule has 0 spiro atoms. The van der Waals surface area contributed by atoms with Crippen LogP contribution in [0.15, 0.2) is 0 Å². The maximum absolute atomic E-state index is 3.52. The lowest BCUT2D eigenvalue weighted by molar-refractivity contribution is 0.580. The third-order valence-corrected chi connectivity index (χ3v) is 3.13. The molecule has 1 fully saturated rings. The lowest BCUT2D eigenvalue weighted by atomic mass is 10.2. The maximum Gasteiger partial charge on any atom is -0.000473 e. The largest absolute Gasteiger partial charge is 0.316 e. The minimum absolute atomic E-state index is 1.04. The van der Waals surface area contributed by atoms with E-state index in [1.54, 1.807) is 0 Å². The number of hydrogen-bond acceptors (Lipinski definition) is 1. The lowest BCUT2D eigenvalue weighted by Gasteiger charge is -2.02. The van der Waals surface area contributed by atoms with Crippen molar-refractivity contribution in [3.8, 4) is 0 Å². The van der Waals surface area contributed by atoms with Crippen LogP contribution in [-0.2, 0) is 0 Å². The Kier molecular flexibility index (Phi) is 6.40. The van der Waals surface area contributed by atoms with Crippen molar-refractivity contribution < 1.29 is 0 Å². The molecule has 0 aromatic carbocycles. The van der Waals surface area contributed by atoms with E-state index in [0.29, 0.717) is 0 Å². The third-order valence-electron chi connectivity index (χ3n) is 2.37. The number of halogens is 1. The predicted molar refractivity (Wildman–Crippen MR) is 62.9 cm³/mol. The first kappa shape index (κ1) is 10.8. The smallest absolute Gasteiger partial charge is 0.000473 e. The van der Waals surface area contributed by atoms with Gasteiger partial charge in [0.25, 0.3) is 0 Å². The van der Waals surface area contributed by atoms with Crippen molar-refractivity contribution in [3.63, 3.8) is 0 Å². The molecule has 1 nitrogen and oxygen atoms in total. The first-order valence-electron chi connectivity index (χ1n) is 5.20. The highest BCUT2D eigenvalue weighted by Crippen LogP contribution is 2.27.